The number of nitrogens with zero attached hydrogens (tertiary/aromatic N) is 8. The van der Waals surface area contributed by atoms with Crippen LogP contribution < -0.4 is 0 Å². The molecule has 0 aliphatic rings. The van der Waals surface area contributed by atoms with E-state index in [4.69, 9.17) is 27.8 Å². The molecular formula is C103H118N8. The second-order valence-electron chi connectivity index (χ2n) is 34.0. The molecule has 8 aromatic heterocycles. The van der Waals surface area contributed by atoms with E-state index in [9.17, 15) is 0 Å². The predicted octanol–water partition coefficient (Wildman–Crippen LogP) is 27.5. The Hall–Kier alpha value is -11.0. The Morgan fingerprint density at radius 3 is 1.04 bits per heavy atom. The lowest BCUT2D eigenvalue weighted by Crippen LogP contribution is -2.16. The van der Waals surface area contributed by atoms with E-state index in [1.54, 1.807) is 62.6 Å². The number of pyridine rings is 6. The van der Waals surface area contributed by atoms with Crippen LogP contribution in [0.2, 0.25) is 0 Å². The maximum Gasteiger partial charge on any atom is 0.137 e. The van der Waals surface area contributed by atoms with Crippen molar-refractivity contribution >= 4 is 43.6 Å². The van der Waals surface area contributed by atoms with Gasteiger partial charge in [-0.15, -0.1) is 0 Å². The smallest absolute Gasteiger partial charge is 0.137 e. The molecule has 8 heteroatoms. The van der Waals surface area contributed by atoms with Crippen LogP contribution in [-0.4, -0.2) is 39.0 Å². The molecule has 0 fully saturated rings. The summed E-state index contributed by atoms with van der Waals surface area (Å²) in [5, 5.41) is 4.84. The van der Waals surface area contributed by atoms with Crippen molar-refractivity contribution in [3.05, 3.63) is 335 Å². The molecule has 15 aromatic rings. The van der Waals surface area contributed by atoms with Crippen LogP contribution in [0.3, 0.4) is 0 Å². The number of para-hydroxylation sites is 4. The van der Waals surface area contributed by atoms with Gasteiger partial charge in [0, 0.05) is 118 Å². The molecule has 0 saturated heterocycles. The molecule has 7 aromatic carbocycles. The number of benzene rings is 7. The lowest BCUT2D eigenvalue weighted by atomic mass is 9.85. The fourth-order valence-corrected chi connectivity index (χ4v) is 13.5. The van der Waals surface area contributed by atoms with Crippen molar-refractivity contribution in [2.75, 3.05) is 0 Å². The van der Waals surface area contributed by atoms with E-state index in [1.165, 1.54) is 32.9 Å². The van der Waals surface area contributed by atoms with Gasteiger partial charge >= 0.3 is 0 Å². The van der Waals surface area contributed by atoms with Crippen LogP contribution in [0.5, 0.6) is 0 Å². The SMILES string of the molecule is CC(C)(C)c1nc(-n2c3ccccc3c3ccccc32)ccc1-c1ccccc1.[2H]C([2H])(C)c1ccc(-c2ccccc2)c(C(C)(C)C)n1.[2H]C([2H])(C)c1ncccc1C(C)(C)C.[2H]C([2H])([2H])c1ccc(-c2ccccc2)nc1C(C)(C)C.[2H]C([2H])([2H])c1ccc(-n2c3ccccc3c3ccccc32)nc1C(C)(C)C.[2H]C([2H])([2H])c1cccnc1C(C)(C)C. The van der Waals surface area contributed by atoms with E-state index in [2.05, 4.69) is 219 Å². The molecule has 570 valence electrons. The zero-order valence-corrected chi connectivity index (χ0v) is 68.6. The van der Waals surface area contributed by atoms with Gasteiger partial charge in [0.05, 0.1) is 44.8 Å². The summed E-state index contributed by atoms with van der Waals surface area (Å²) in [7, 11) is 0. The van der Waals surface area contributed by atoms with Gasteiger partial charge in [0.15, 0.2) is 0 Å². The van der Waals surface area contributed by atoms with Gasteiger partial charge in [0.2, 0.25) is 0 Å². The van der Waals surface area contributed by atoms with Crippen molar-refractivity contribution in [1.29, 1.82) is 0 Å². The Labute approximate surface area is 681 Å². The molecule has 0 radical (unpaired) electrons. The van der Waals surface area contributed by atoms with Crippen LogP contribution in [0.1, 0.15) is 218 Å². The summed E-state index contributed by atoms with van der Waals surface area (Å²) >= 11 is 0. The number of hydrogen-bond acceptors (Lipinski definition) is 6. The van der Waals surface area contributed by atoms with E-state index < -0.39 is 33.3 Å². The summed E-state index contributed by atoms with van der Waals surface area (Å²) in [6.07, 6.45) is 0.487. The highest BCUT2D eigenvalue weighted by Gasteiger charge is 2.26. The number of aryl methyl sites for hydroxylation is 5. The monoisotopic (exact) mass is 1480 g/mol. The molecule has 8 heterocycles. The lowest BCUT2D eigenvalue weighted by molar-refractivity contribution is 0.563. The Balaban J connectivity index is 0.000000159. The first-order valence-corrected chi connectivity index (χ1v) is 38.2. The first-order valence-electron chi connectivity index (χ1n) is 44.7. The Bertz CT molecular complexity index is 5910. The van der Waals surface area contributed by atoms with E-state index in [-0.39, 0.29) is 32.5 Å². The van der Waals surface area contributed by atoms with Gasteiger partial charge in [-0.05, 0) is 139 Å². The largest absolute Gasteiger partial charge is 0.294 e. The maximum atomic E-state index is 7.89. The molecule has 0 saturated carbocycles. The van der Waals surface area contributed by atoms with Gasteiger partial charge in [-0.1, -0.05) is 333 Å². The summed E-state index contributed by atoms with van der Waals surface area (Å²) < 4.78 is 104. The third-order valence-corrected chi connectivity index (χ3v) is 18.9. The third kappa shape index (κ3) is 20.2. The van der Waals surface area contributed by atoms with E-state index in [0.717, 1.165) is 72.8 Å². The van der Waals surface area contributed by atoms with Gasteiger partial charge < -0.3 is 0 Å². The predicted molar refractivity (Wildman–Crippen MR) is 476 cm³/mol. The average Bonchev–Trinajstić information content (AvgIpc) is 1.59. The average molecular weight is 1480 g/mol. The van der Waals surface area contributed by atoms with Crippen molar-refractivity contribution in [2.45, 2.75) is 204 Å². The number of hydrogen-bond donors (Lipinski definition) is 0. The topological polar surface area (TPSA) is 87.2 Å². The Morgan fingerprint density at radius 1 is 0.288 bits per heavy atom. The quantitative estimate of drug-likeness (QED) is 0.158. The Morgan fingerprint density at radius 2 is 0.640 bits per heavy atom. The van der Waals surface area contributed by atoms with Gasteiger partial charge in [-0.2, -0.15) is 0 Å². The fraction of sp³-hybridized carbons (Fsp3) is 0.301. The first-order chi connectivity index (χ1) is 57.6. The third-order valence-electron chi connectivity index (χ3n) is 18.9. The summed E-state index contributed by atoms with van der Waals surface area (Å²) in [5.74, 6) is 1.71. The van der Waals surface area contributed by atoms with Crippen molar-refractivity contribution in [3.8, 4) is 45.1 Å². The van der Waals surface area contributed by atoms with Gasteiger partial charge in [0.25, 0.3) is 0 Å². The number of rotatable bonds is 7. The molecular weight excluding hydrogens is 1350 g/mol. The molecule has 0 bridgehead atoms. The molecule has 0 atom stereocenters. The zero-order chi connectivity index (χ0) is 91.3. The van der Waals surface area contributed by atoms with Gasteiger partial charge in [-0.3, -0.25) is 29.1 Å². The van der Waals surface area contributed by atoms with Crippen LogP contribution in [0.4, 0.5) is 0 Å². The summed E-state index contributed by atoms with van der Waals surface area (Å²) in [6.45, 7) is 33.8. The van der Waals surface area contributed by atoms with Crippen LogP contribution in [0.25, 0.3) is 88.8 Å². The van der Waals surface area contributed by atoms with E-state index in [1.807, 2.05) is 159 Å². The molecule has 111 heavy (non-hydrogen) atoms. The van der Waals surface area contributed by atoms with Crippen LogP contribution in [-0.2, 0) is 45.2 Å². The van der Waals surface area contributed by atoms with Gasteiger partial charge in [-0.25, -0.2) is 9.97 Å². The highest BCUT2D eigenvalue weighted by Crippen LogP contribution is 2.39. The molecule has 8 nitrogen and oxygen atoms in total. The second-order valence-corrected chi connectivity index (χ2v) is 34.0. The maximum absolute atomic E-state index is 7.89. The highest BCUT2D eigenvalue weighted by atomic mass is 15.1. The van der Waals surface area contributed by atoms with Crippen LogP contribution in [0.15, 0.2) is 273 Å². The van der Waals surface area contributed by atoms with Crippen molar-refractivity contribution in [2.24, 2.45) is 0 Å². The lowest BCUT2D eigenvalue weighted by Gasteiger charge is -2.23. The normalized spacial score (nSPS) is 14.1. The fourth-order valence-electron chi connectivity index (χ4n) is 13.5. The Kier molecular flexibility index (Phi) is 20.7. The zero-order valence-electron chi connectivity index (χ0n) is 81.6. The summed E-state index contributed by atoms with van der Waals surface area (Å²) in [4.78, 5) is 27.6. The molecule has 0 unspecified atom stereocenters. The minimum atomic E-state index is -2.19. The number of fused-ring (bicyclic) bond motifs is 6. The second kappa shape index (κ2) is 34.9. The van der Waals surface area contributed by atoms with E-state index >= 15 is 0 Å². The van der Waals surface area contributed by atoms with Crippen molar-refractivity contribution in [3.63, 3.8) is 0 Å². The number of aromatic nitrogens is 8. The first kappa shape index (κ1) is 65.9. The molecule has 0 N–H and O–H groups in total. The molecule has 0 spiro atoms. The van der Waals surface area contributed by atoms with Crippen molar-refractivity contribution < 1.29 is 17.8 Å². The summed E-state index contributed by atoms with van der Waals surface area (Å²) in [5.41, 5.74) is 16.7. The highest BCUT2D eigenvalue weighted by molar-refractivity contribution is 6.10. The van der Waals surface area contributed by atoms with Crippen molar-refractivity contribution in [1.82, 2.24) is 39.0 Å². The molecule has 0 aliphatic heterocycles. The molecule has 0 aliphatic carbocycles. The minimum absolute atomic E-state index is 0.0625. The van der Waals surface area contributed by atoms with Gasteiger partial charge in [0.1, 0.15) is 11.6 Å². The minimum Gasteiger partial charge on any atom is -0.294 e. The molecule has 0 amide bonds. The molecule has 15 rings (SSSR count). The van der Waals surface area contributed by atoms with Crippen LogP contribution in [0, 0.1) is 20.6 Å². The van der Waals surface area contributed by atoms with Crippen LogP contribution >= 0.6 is 0 Å². The van der Waals surface area contributed by atoms with E-state index in [0.29, 0.717) is 45.2 Å². The summed E-state index contributed by atoms with van der Waals surface area (Å²) in [6, 6.07) is 86.3. The standard InChI is InChI=1S/C27H24N2.C22H22N2.C17H21N.C16H19N.C11H17N.C10H15N/c1-27(2,3)26-20(19-11-5-4-6-12-19)17-18-25(28-26)29-23-15-9-7-13-21(23)22-14-8-10-16-24(22)29;1-15-13-14-20(23-21(15)22(2,3)4)24-18-11-7-5-9-16(18)17-10-6-8-12-19(17)24;1-5-14-11-12-15(13-9-7-6-8-10-13)16(18-14)17(2,3)4;1-12-10-11-14(13-8-6-5-7-9-13)17-15(12)16(2,3)4;1-5-10-9(11(2,3)4)7-6-8-12-10;1-8-6-5-7-11-9(8)10(2,3)4/h4-18H,1-3H3;5-14H,1-4H3;6-12H,5H2,1-4H3;5-11H,1-4H3;6-8H,5H2,1-4H3;5-7H,1-4H3/i;1D3;5D2;1D3;5D2;1D3.